The van der Waals surface area contributed by atoms with Gasteiger partial charge in [0, 0.05) is 60.6 Å². The number of aromatic amines is 1. The van der Waals surface area contributed by atoms with Crippen LogP contribution < -0.4 is 9.64 Å². The van der Waals surface area contributed by atoms with Crippen molar-refractivity contribution in [3.8, 4) is 17.3 Å². The largest absolute Gasteiger partial charge is 0.461 e. The van der Waals surface area contributed by atoms with Crippen LogP contribution >= 0.6 is 11.6 Å². The van der Waals surface area contributed by atoms with Gasteiger partial charge in [0.15, 0.2) is 11.6 Å². The molecule has 3 fully saturated rings. The van der Waals surface area contributed by atoms with Gasteiger partial charge in [-0.3, -0.25) is 19.8 Å². The molecule has 0 radical (unpaired) electrons. The number of piperidine rings is 1. The number of hydrogen-bond donors (Lipinski definition) is 2. The third-order valence-electron chi connectivity index (χ3n) is 10.5. The summed E-state index contributed by atoms with van der Waals surface area (Å²) in [5, 5.41) is 19.8. The predicted octanol–water partition coefficient (Wildman–Crippen LogP) is 5.19. The molecule has 3 saturated heterocycles. The molecule has 0 amide bonds. The van der Waals surface area contributed by atoms with Crippen LogP contribution in [0.5, 0.6) is 6.01 Å². The van der Waals surface area contributed by atoms with Crippen molar-refractivity contribution >= 4 is 45.0 Å². The minimum Gasteiger partial charge on any atom is -0.461 e. The molecule has 4 aromatic rings. The molecule has 6 bridgehead atoms. The van der Waals surface area contributed by atoms with Crippen molar-refractivity contribution in [1.82, 2.24) is 30.0 Å². The van der Waals surface area contributed by atoms with Gasteiger partial charge in [0.1, 0.15) is 35.9 Å². The SMILES string of the molecule is O=C1CCCCc2c(Cl)cc3[nH]ncc3c2-c2ncc3c(nc(OC[C@@]45CCCN4C[C@H](F)C5)nc3c2F)N2CCC[C@H](C2)C1O. The van der Waals surface area contributed by atoms with Gasteiger partial charge in [-0.05, 0) is 63.1 Å². The summed E-state index contributed by atoms with van der Waals surface area (Å²) in [6.45, 7) is 2.37. The number of pyridine rings is 1. The van der Waals surface area contributed by atoms with Gasteiger partial charge in [-0.15, -0.1) is 0 Å². The summed E-state index contributed by atoms with van der Waals surface area (Å²) >= 11 is 6.79. The van der Waals surface area contributed by atoms with Gasteiger partial charge in [0.25, 0.3) is 0 Å². The van der Waals surface area contributed by atoms with E-state index in [0.717, 1.165) is 25.8 Å². The van der Waals surface area contributed by atoms with Crippen LogP contribution in [0.25, 0.3) is 33.1 Å². The molecule has 8 heterocycles. The van der Waals surface area contributed by atoms with Gasteiger partial charge in [-0.25, -0.2) is 8.78 Å². The lowest BCUT2D eigenvalue weighted by Crippen LogP contribution is -2.44. The van der Waals surface area contributed by atoms with E-state index < -0.39 is 23.6 Å². The van der Waals surface area contributed by atoms with Crippen molar-refractivity contribution in [1.29, 1.82) is 0 Å². The third kappa shape index (κ3) is 5.00. The van der Waals surface area contributed by atoms with E-state index in [1.807, 2.05) is 4.90 Å². The minimum absolute atomic E-state index is 0.00160. The number of carbonyl (C=O) groups excluding carboxylic acids is 1. The summed E-state index contributed by atoms with van der Waals surface area (Å²) in [4.78, 5) is 31.3. The van der Waals surface area contributed by atoms with Crippen LogP contribution in [-0.2, 0) is 11.2 Å². The van der Waals surface area contributed by atoms with E-state index >= 15 is 4.39 Å². The van der Waals surface area contributed by atoms with Crippen molar-refractivity contribution < 1.29 is 23.4 Å². The molecule has 3 aromatic heterocycles. The monoisotopic (exact) mass is 651 g/mol. The zero-order valence-corrected chi connectivity index (χ0v) is 26.2. The van der Waals surface area contributed by atoms with Gasteiger partial charge >= 0.3 is 6.01 Å². The molecule has 2 N–H and O–H groups in total. The van der Waals surface area contributed by atoms with E-state index in [0.29, 0.717) is 90.0 Å². The Bertz CT molecular complexity index is 1840. The maximum Gasteiger partial charge on any atom is 0.319 e. The molecule has 242 valence electrons. The number of benzene rings is 1. The number of ether oxygens (including phenoxy) is 1. The van der Waals surface area contributed by atoms with Gasteiger partial charge in [0.2, 0.25) is 0 Å². The Labute approximate surface area is 269 Å². The molecule has 1 aromatic carbocycles. The second-order valence-electron chi connectivity index (χ2n) is 13.4. The van der Waals surface area contributed by atoms with Gasteiger partial charge in [0.05, 0.1) is 22.6 Å². The number of fused-ring (bicyclic) bond motifs is 8. The Morgan fingerprint density at radius 2 is 1.98 bits per heavy atom. The zero-order valence-electron chi connectivity index (χ0n) is 25.4. The number of halogens is 3. The maximum absolute atomic E-state index is 17.0. The Morgan fingerprint density at radius 1 is 1.11 bits per heavy atom. The molecular weight excluding hydrogens is 616 g/mol. The van der Waals surface area contributed by atoms with Crippen LogP contribution in [0, 0.1) is 11.7 Å². The number of rotatable bonds is 3. The molecule has 46 heavy (non-hydrogen) atoms. The summed E-state index contributed by atoms with van der Waals surface area (Å²) in [5.41, 5.74) is 1.59. The lowest BCUT2D eigenvalue weighted by atomic mass is 9.88. The first-order valence-corrected chi connectivity index (χ1v) is 16.7. The number of H-pyrrole nitrogens is 1. The number of aliphatic hydroxyl groups excluding tert-OH is 1. The van der Waals surface area contributed by atoms with Crippen molar-refractivity contribution in [3.63, 3.8) is 0 Å². The molecule has 0 spiro atoms. The number of alkyl halides is 1. The van der Waals surface area contributed by atoms with E-state index in [4.69, 9.17) is 21.3 Å². The van der Waals surface area contributed by atoms with Crippen molar-refractivity contribution in [2.75, 3.05) is 37.7 Å². The van der Waals surface area contributed by atoms with Crippen LogP contribution in [0.15, 0.2) is 18.5 Å². The standard InChI is InChI=1S/C33H36ClF2N7O3/c34-23-11-24-21(14-38-41-24)26-20(23)6-1-2-7-25(44)30(45)18-5-3-9-42(15-18)31-22-13-37-29(26)27(36)28(22)39-32(40-31)46-17-33-8-4-10-43(33)16-19(35)12-33/h11,13-14,18-19,30,45H,1-10,12,15-17H2,(H,38,41)/t18-,19-,30?,33+/m1/s1. The average molecular weight is 652 g/mol. The van der Waals surface area contributed by atoms with Crippen molar-refractivity contribution in [3.05, 3.63) is 34.9 Å². The first-order chi connectivity index (χ1) is 22.3. The van der Waals surface area contributed by atoms with Crippen LogP contribution in [0.1, 0.15) is 56.9 Å². The average Bonchev–Trinajstić information content (AvgIpc) is 3.75. The fourth-order valence-corrected chi connectivity index (χ4v) is 8.54. The van der Waals surface area contributed by atoms with E-state index in [1.165, 1.54) is 0 Å². The molecule has 0 saturated carbocycles. The Hall–Kier alpha value is -3.48. The minimum atomic E-state index is -1.11. The van der Waals surface area contributed by atoms with Gasteiger partial charge in [-0.1, -0.05) is 11.6 Å². The van der Waals surface area contributed by atoms with E-state index in [1.54, 1.807) is 18.5 Å². The highest BCUT2D eigenvalue weighted by molar-refractivity contribution is 6.33. The molecule has 5 aliphatic rings. The molecule has 5 aliphatic heterocycles. The highest BCUT2D eigenvalue weighted by Crippen LogP contribution is 2.42. The normalized spacial score (nSPS) is 27.2. The maximum atomic E-state index is 17.0. The van der Waals surface area contributed by atoms with Crippen LogP contribution in [0.4, 0.5) is 14.6 Å². The lowest BCUT2D eigenvalue weighted by Gasteiger charge is -2.36. The second-order valence-corrected chi connectivity index (χ2v) is 13.8. The number of nitrogens with zero attached hydrogens (tertiary/aromatic N) is 6. The highest BCUT2D eigenvalue weighted by atomic mass is 35.5. The number of aromatic nitrogens is 5. The number of anilines is 1. The number of hydrogen-bond acceptors (Lipinski definition) is 9. The summed E-state index contributed by atoms with van der Waals surface area (Å²) in [6.07, 6.45) is 6.67. The molecule has 0 aliphatic carbocycles. The number of aliphatic hydroxyl groups is 1. The fraction of sp³-hybridized carbons (Fsp3) is 0.545. The topological polar surface area (TPSA) is 120 Å². The first kappa shape index (κ1) is 29.9. The Morgan fingerprint density at radius 3 is 2.87 bits per heavy atom. The number of Topliss-reactive ketones (excluding diaryl/α,β-unsaturated/α-hetero) is 1. The Kier molecular flexibility index (Phi) is 7.57. The molecule has 13 heteroatoms. The number of carbonyl (C=O) groups is 1. The predicted molar refractivity (Wildman–Crippen MR) is 169 cm³/mol. The third-order valence-corrected chi connectivity index (χ3v) is 10.9. The van der Waals surface area contributed by atoms with Crippen LogP contribution in [0.2, 0.25) is 5.02 Å². The molecular formula is C33H36ClF2N7O3. The second kappa shape index (κ2) is 11.6. The van der Waals surface area contributed by atoms with Gasteiger partial charge < -0.3 is 14.7 Å². The number of ketones is 1. The summed E-state index contributed by atoms with van der Waals surface area (Å²) in [5.74, 6) is -0.661. The van der Waals surface area contributed by atoms with Crippen molar-refractivity contribution in [2.45, 2.75) is 75.6 Å². The van der Waals surface area contributed by atoms with Crippen LogP contribution in [-0.4, -0.2) is 91.5 Å². The summed E-state index contributed by atoms with van der Waals surface area (Å²) in [6, 6.07) is 1.77. The summed E-state index contributed by atoms with van der Waals surface area (Å²) < 4.78 is 37.7. The van der Waals surface area contributed by atoms with E-state index in [2.05, 4.69) is 25.1 Å². The van der Waals surface area contributed by atoms with E-state index in [9.17, 15) is 14.3 Å². The molecule has 1 unspecified atom stereocenters. The van der Waals surface area contributed by atoms with Crippen LogP contribution in [0.3, 0.4) is 0 Å². The smallest absolute Gasteiger partial charge is 0.319 e. The lowest BCUT2D eigenvalue weighted by molar-refractivity contribution is -0.130. The fourth-order valence-electron chi connectivity index (χ4n) is 8.24. The van der Waals surface area contributed by atoms with Gasteiger partial charge in [-0.2, -0.15) is 15.1 Å². The van der Waals surface area contributed by atoms with Crippen molar-refractivity contribution in [2.24, 2.45) is 5.92 Å². The molecule has 9 rings (SSSR count). The quantitative estimate of drug-likeness (QED) is 0.308. The van der Waals surface area contributed by atoms with E-state index in [-0.39, 0.29) is 41.9 Å². The Balaban J connectivity index is 1.30. The molecule has 4 atom stereocenters. The molecule has 10 nitrogen and oxygen atoms in total. The summed E-state index contributed by atoms with van der Waals surface area (Å²) in [7, 11) is 0. The zero-order chi connectivity index (χ0) is 31.6. The highest BCUT2D eigenvalue weighted by Gasteiger charge is 2.49. The number of nitrogens with one attached hydrogen (secondary N) is 1. The first-order valence-electron chi connectivity index (χ1n) is 16.3.